The minimum absolute atomic E-state index is 0.773. The zero-order valence-corrected chi connectivity index (χ0v) is 8.14. The largest absolute Gasteiger partial charge is 0.115 e. The Labute approximate surface area is 75.0 Å². The fraction of sp³-hybridized carbons (Fsp3) is 0. The summed E-state index contributed by atoms with van der Waals surface area (Å²) in [6, 6.07) is 3.72. The van der Waals surface area contributed by atoms with Gasteiger partial charge in [-0.05, 0) is 26.0 Å². The number of hydrogen-bond donors (Lipinski definition) is 0. The molecule has 0 bridgehead atoms. The molecule has 0 saturated carbocycles. The topological polar surface area (TPSA) is 0 Å². The molecule has 0 unspecified atom stereocenters. The van der Waals surface area contributed by atoms with Crippen LogP contribution in [-0.4, -0.2) is 9.85 Å². The van der Waals surface area contributed by atoms with Gasteiger partial charge in [-0.25, -0.2) is 0 Å². The Kier molecular flexibility index (Phi) is 2.28. The Morgan fingerprint density at radius 3 is 2.42 bits per heavy atom. The van der Waals surface area contributed by atoms with Gasteiger partial charge in [0.15, 0.2) is 0 Å². The molecule has 0 aliphatic rings. The summed E-state index contributed by atoms with van der Waals surface area (Å²) >= 11 is 0. The van der Waals surface area contributed by atoms with E-state index in [1.165, 1.54) is 0 Å². The Morgan fingerprint density at radius 2 is 1.92 bits per heavy atom. The zero-order valence-electron chi connectivity index (χ0n) is 6.72. The van der Waals surface area contributed by atoms with Gasteiger partial charge < -0.3 is 0 Å². The smallest absolute Gasteiger partial charge is 0.0423 e. The molecular weight excluding hydrogens is 160 g/mol. The second-order valence-electron chi connectivity index (χ2n) is 2.41. The van der Waals surface area contributed by atoms with Crippen LogP contribution in [0.4, 0.5) is 0 Å². The predicted molar refractivity (Wildman–Crippen MR) is 54.8 cm³/mol. The molecular formula is C11H8Si. The molecule has 1 aromatic carbocycles. The highest BCUT2D eigenvalue weighted by molar-refractivity contribution is 6.00. The molecule has 0 nitrogen and oxygen atoms in total. The highest BCUT2D eigenvalue weighted by atomic mass is 28.1. The van der Waals surface area contributed by atoms with E-state index in [9.17, 15) is 0 Å². The lowest BCUT2D eigenvalue weighted by atomic mass is 10.1. The summed E-state index contributed by atoms with van der Waals surface area (Å²) in [7, 11) is 1.72. The second-order valence-corrected chi connectivity index (χ2v) is 3.12. The van der Waals surface area contributed by atoms with Crippen molar-refractivity contribution in [2.24, 2.45) is 0 Å². The van der Waals surface area contributed by atoms with E-state index in [1.54, 1.807) is 9.85 Å². The van der Waals surface area contributed by atoms with Crippen LogP contribution >= 0.6 is 0 Å². The summed E-state index contributed by atoms with van der Waals surface area (Å²) in [5.74, 6) is 5.13. The maximum atomic E-state index is 5.33. The maximum Gasteiger partial charge on any atom is 0.0423 e. The average Bonchev–Trinajstić information content (AvgIpc) is 2.09. The fourth-order valence-electron chi connectivity index (χ4n) is 0.976. The number of terminal acetylenes is 2. The van der Waals surface area contributed by atoms with Gasteiger partial charge in [-0.3, -0.25) is 0 Å². The van der Waals surface area contributed by atoms with Crippen LogP contribution in [-0.2, 0) is 0 Å². The number of benzene rings is 1. The standard InChI is InChI=1S/C11H8Si/c1-4-9-7-6-8(3)11(12)10(9)5-2/h1-2,6-7H,3,12H2. The Hall–Kier alpha value is -1.57. The molecule has 0 aromatic heterocycles. The van der Waals surface area contributed by atoms with Crippen LogP contribution in [0.2, 0.25) is 0 Å². The summed E-state index contributed by atoms with van der Waals surface area (Å²) in [5, 5.41) is 0.945. The third kappa shape index (κ3) is 1.23. The first-order chi connectivity index (χ1) is 5.70. The highest BCUT2D eigenvalue weighted by Gasteiger charge is 1.96. The molecule has 12 heavy (non-hydrogen) atoms. The summed E-state index contributed by atoms with van der Waals surface area (Å²) in [4.78, 5) is 1.02. The molecule has 0 amide bonds. The lowest BCUT2D eigenvalue weighted by Crippen LogP contribution is -2.04. The van der Waals surface area contributed by atoms with Gasteiger partial charge in [-0.15, -0.1) is 12.8 Å². The highest BCUT2D eigenvalue weighted by Crippen LogP contribution is 2.02. The van der Waals surface area contributed by atoms with Crippen molar-refractivity contribution in [3.63, 3.8) is 0 Å². The lowest BCUT2D eigenvalue weighted by Gasteiger charge is -1.97. The third-order valence-corrected chi connectivity index (χ3v) is 2.52. The van der Waals surface area contributed by atoms with E-state index in [1.807, 2.05) is 12.1 Å². The van der Waals surface area contributed by atoms with Crippen LogP contribution in [0.3, 0.4) is 0 Å². The van der Waals surface area contributed by atoms with Crippen LogP contribution in [0, 0.1) is 29.5 Å². The molecule has 0 spiro atoms. The molecule has 0 N–H and O–H groups in total. The molecule has 0 heterocycles. The van der Waals surface area contributed by atoms with E-state index in [4.69, 9.17) is 12.8 Å². The van der Waals surface area contributed by atoms with Crippen molar-refractivity contribution in [2.45, 2.75) is 0 Å². The van der Waals surface area contributed by atoms with Crippen LogP contribution in [0.5, 0.6) is 0 Å². The Balaban J connectivity index is 3.76. The molecule has 56 valence electrons. The van der Waals surface area contributed by atoms with Crippen molar-refractivity contribution < 1.29 is 0 Å². The third-order valence-electron chi connectivity index (χ3n) is 1.71. The van der Waals surface area contributed by atoms with E-state index >= 15 is 0 Å². The molecule has 0 atom stereocenters. The van der Waals surface area contributed by atoms with Crippen molar-refractivity contribution in [2.75, 3.05) is 0 Å². The molecule has 1 rings (SSSR count). The van der Waals surface area contributed by atoms with Crippen LogP contribution in [0.15, 0.2) is 12.1 Å². The van der Waals surface area contributed by atoms with Crippen LogP contribution in [0.25, 0.3) is 6.58 Å². The van der Waals surface area contributed by atoms with Crippen molar-refractivity contribution >= 4 is 16.4 Å². The van der Waals surface area contributed by atoms with Crippen molar-refractivity contribution in [3.8, 4) is 24.7 Å². The monoisotopic (exact) mass is 168 g/mol. The van der Waals surface area contributed by atoms with Gasteiger partial charge in [0.25, 0.3) is 0 Å². The Bertz CT molecular complexity index is 483. The van der Waals surface area contributed by atoms with Gasteiger partial charge in [0, 0.05) is 11.1 Å². The van der Waals surface area contributed by atoms with E-state index in [-0.39, 0.29) is 0 Å². The molecule has 1 aromatic rings. The van der Waals surface area contributed by atoms with Gasteiger partial charge >= 0.3 is 0 Å². The maximum absolute atomic E-state index is 5.33. The summed E-state index contributed by atoms with van der Waals surface area (Å²) in [6.07, 6.45) is 10.6. The average molecular weight is 168 g/mol. The Morgan fingerprint density at radius 1 is 1.25 bits per heavy atom. The summed E-state index contributed by atoms with van der Waals surface area (Å²) in [6.45, 7) is 3.85. The molecule has 0 radical (unpaired) electrons. The van der Waals surface area contributed by atoms with Gasteiger partial charge in [0.1, 0.15) is 0 Å². The quantitative estimate of drug-likeness (QED) is 0.376. The number of hydrogen-bond acceptors (Lipinski definition) is 0. The van der Waals surface area contributed by atoms with E-state index < -0.39 is 0 Å². The van der Waals surface area contributed by atoms with Crippen molar-refractivity contribution in [3.05, 3.63) is 33.3 Å². The van der Waals surface area contributed by atoms with Gasteiger partial charge in [0.2, 0.25) is 0 Å². The van der Waals surface area contributed by atoms with Crippen LogP contribution < -0.4 is 5.22 Å². The normalized spacial score (nSPS) is 8.50. The first kappa shape index (κ1) is 8.52. The van der Waals surface area contributed by atoms with Gasteiger partial charge in [-0.1, -0.05) is 24.5 Å². The van der Waals surface area contributed by atoms with E-state index in [0.29, 0.717) is 0 Å². The minimum Gasteiger partial charge on any atom is -0.115 e. The van der Waals surface area contributed by atoms with Crippen molar-refractivity contribution in [1.82, 2.24) is 0 Å². The zero-order chi connectivity index (χ0) is 9.14. The van der Waals surface area contributed by atoms with Gasteiger partial charge in [0.05, 0.1) is 0 Å². The summed E-state index contributed by atoms with van der Waals surface area (Å²) < 4.78 is 0. The first-order valence-corrected chi connectivity index (χ1v) is 4.15. The van der Waals surface area contributed by atoms with E-state index in [2.05, 4.69) is 18.4 Å². The molecule has 0 saturated heterocycles. The van der Waals surface area contributed by atoms with E-state index in [0.717, 1.165) is 21.2 Å². The van der Waals surface area contributed by atoms with Crippen LogP contribution in [0.1, 0.15) is 11.1 Å². The molecule has 0 aliphatic carbocycles. The summed E-state index contributed by atoms with van der Waals surface area (Å²) in [5.41, 5.74) is 1.57. The van der Waals surface area contributed by atoms with Crippen molar-refractivity contribution in [1.29, 1.82) is 0 Å². The fourth-order valence-corrected chi connectivity index (χ4v) is 1.39. The second kappa shape index (κ2) is 3.22. The first-order valence-electron chi connectivity index (χ1n) is 3.45. The molecule has 0 aliphatic heterocycles. The molecule has 1 heteroatoms. The SMILES string of the molecule is C#Cc1ccc(=C)c(=[SiH2])c1C#C. The molecule has 0 fully saturated rings. The minimum atomic E-state index is 0.773. The predicted octanol–water partition coefficient (Wildman–Crippen LogP) is -0.0565. The van der Waals surface area contributed by atoms with Gasteiger partial charge in [-0.2, -0.15) is 0 Å². The lowest BCUT2D eigenvalue weighted by molar-refractivity contribution is 1.50. The number of rotatable bonds is 0.